The lowest BCUT2D eigenvalue weighted by Gasteiger charge is -2.47. The molecular formula is C13H27NO. The lowest BCUT2D eigenvalue weighted by Crippen LogP contribution is -2.53. The Kier molecular flexibility index (Phi) is 4.19. The molecule has 0 aliphatic heterocycles. The fraction of sp³-hybridized carbons (Fsp3) is 1.00. The Morgan fingerprint density at radius 2 is 1.67 bits per heavy atom. The molecule has 0 saturated heterocycles. The van der Waals surface area contributed by atoms with Gasteiger partial charge in [0.1, 0.15) is 0 Å². The van der Waals surface area contributed by atoms with Gasteiger partial charge in [-0.2, -0.15) is 0 Å². The SMILES string of the molecule is CC(C)C(C)(O)C1(CN)CCCCCC1. The monoisotopic (exact) mass is 213 g/mol. The molecule has 1 unspecified atom stereocenters. The maximum Gasteiger partial charge on any atom is 0.0710 e. The summed E-state index contributed by atoms with van der Waals surface area (Å²) in [4.78, 5) is 0. The molecule has 2 nitrogen and oxygen atoms in total. The van der Waals surface area contributed by atoms with Crippen LogP contribution < -0.4 is 5.73 Å². The molecule has 1 rings (SSSR count). The molecule has 0 aromatic carbocycles. The zero-order chi connectivity index (χ0) is 11.5. The van der Waals surface area contributed by atoms with E-state index in [4.69, 9.17) is 5.73 Å². The summed E-state index contributed by atoms with van der Waals surface area (Å²) in [5.41, 5.74) is 5.31. The first kappa shape index (κ1) is 13.0. The van der Waals surface area contributed by atoms with E-state index >= 15 is 0 Å². The van der Waals surface area contributed by atoms with Gasteiger partial charge in [-0.15, -0.1) is 0 Å². The highest BCUT2D eigenvalue weighted by molar-refractivity contribution is 4.99. The summed E-state index contributed by atoms with van der Waals surface area (Å²) in [6, 6.07) is 0. The highest BCUT2D eigenvalue weighted by Gasteiger charge is 2.47. The molecule has 1 saturated carbocycles. The van der Waals surface area contributed by atoms with Gasteiger partial charge < -0.3 is 10.8 Å². The van der Waals surface area contributed by atoms with Crippen molar-refractivity contribution in [3.63, 3.8) is 0 Å². The van der Waals surface area contributed by atoms with Crippen molar-refractivity contribution in [2.45, 2.75) is 64.9 Å². The quantitative estimate of drug-likeness (QED) is 0.708. The van der Waals surface area contributed by atoms with E-state index in [-0.39, 0.29) is 11.3 Å². The molecule has 0 amide bonds. The minimum absolute atomic E-state index is 0.0440. The van der Waals surface area contributed by atoms with E-state index in [1.165, 1.54) is 25.7 Å². The summed E-state index contributed by atoms with van der Waals surface area (Å²) in [6.45, 7) is 6.80. The first-order chi connectivity index (χ1) is 6.96. The Morgan fingerprint density at radius 3 is 2.00 bits per heavy atom. The van der Waals surface area contributed by atoms with Gasteiger partial charge in [-0.3, -0.25) is 0 Å². The van der Waals surface area contributed by atoms with Crippen LogP contribution in [0.4, 0.5) is 0 Å². The van der Waals surface area contributed by atoms with Crippen LogP contribution in [0.5, 0.6) is 0 Å². The van der Waals surface area contributed by atoms with E-state index in [1.54, 1.807) is 0 Å². The van der Waals surface area contributed by atoms with E-state index in [9.17, 15) is 5.11 Å². The van der Waals surface area contributed by atoms with Crippen molar-refractivity contribution in [3.8, 4) is 0 Å². The average Bonchev–Trinajstić information content (AvgIpc) is 2.43. The predicted octanol–water partition coefficient (Wildman–Crippen LogP) is 2.69. The molecule has 0 heterocycles. The molecule has 1 aliphatic carbocycles. The maximum absolute atomic E-state index is 10.7. The predicted molar refractivity (Wildman–Crippen MR) is 64.7 cm³/mol. The largest absolute Gasteiger partial charge is 0.389 e. The highest BCUT2D eigenvalue weighted by Crippen LogP contribution is 2.46. The molecule has 3 N–H and O–H groups in total. The van der Waals surface area contributed by atoms with Crippen molar-refractivity contribution in [1.29, 1.82) is 0 Å². The molecule has 1 fully saturated rings. The first-order valence-corrected chi connectivity index (χ1v) is 6.39. The summed E-state index contributed by atoms with van der Waals surface area (Å²) in [7, 11) is 0. The number of hydrogen-bond acceptors (Lipinski definition) is 2. The molecule has 2 heteroatoms. The summed E-state index contributed by atoms with van der Waals surface area (Å²) < 4.78 is 0. The molecule has 0 spiro atoms. The summed E-state index contributed by atoms with van der Waals surface area (Å²) >= 11 is 0. The fourth-order valence-electron chi connectivity index (χ4n) is 2.93. The summed E-state index contributed by atoms with van der Waals surface area (Å²) in [6.07, 6.45) is 7.23. The summed E-state index contributed by atoms with van der Waals surface area (Å²) in [5.74, 6) is 0.277. The van der Waals surface area contributed by atoms with Crippen molar-refractivity contribution in [3.05, 3.63) is 0 Å². The third-order valence-electron chi connectivity index (χ3n) is 4.65. The molecule has 90 valence electrons. The lowest BCUT2D eigenvalue weighted by atomic mass is 9.63. The third-order valence-corrected chi connectivity index (χ3v) is 4.65. The van der Waals surface area contributed by atoms with E-state index in [0.717, 1.165) is 12.8 Å². The molecule has 0 aromatic rings. The van der Waals surface area contributed by atoms with Gasteiger partial charge in [-0.25, -0.2) is 0 Å². The molecule has 0 radical (unpaired) electrons. The molecule has 1 aliphatic rings. The average molecular weight is 213 g/mol. The topological polar surface area (TPSA) is 46.2 Å². The standard InChI is InChI=1S/C13H27NO/c1-11(2)12(3,15)13(10-14)8-6-4-5-7-9-13/h11,15H,4-10,14H2,1-3H3. The molecular weight excluding hydrogens is 186 g/mol. The van der Waals surface area contributed by atoms with Crippen LogP contribution in [0.25, 0.3) is 0 Å². The van der Waals surface area contributed by atoms with Crippen LogP contribution in [0.2, 0.25) is 0 Å². The number of nitrogens with two attached hydrogens (primary N) is 1. The van der Waals surface area contributed by atoms with Crippen LogP contribution in [0, 0.1) is 11.3 Å². The van der Waals surface area contributed by atoms with Crippen molar-refractivity contribution >= 4 is 0 Å². The third kappa shape index (κ3) is 2.36. The van der Waals surface area contributed by atoms with Gasteiger partial charge in [0.2, 0.25) is 0 Å². The second-order valence-electron chi connectivity index (χ2n) is 5.70. The van der Waals surface area contributed by atoms with Gasteiger partial charge in [0.05, 0.1) is 5.60 Å². The van der Waals surface area contributed by atoms with Crippen molar-refractivity contribution in [2.24, 2.45) is 17.1 Å². The van der Waals surface area contributed by atoms with Gasteiger partial charge in [0.15, 0.2) is 0 Å². The van der Waals surface area contributed by atoms with Crippen LogP contribution in [0.15, 0.2) is 0 Å². The Labute approximate surface area is 94.2 Å². The van der Waals surface area contributed by atoms with Gasteiger partial charge in [0.25, 0.3) is 0 Å². The van der Waals surface area contributed by atoms with E-state index < -0.39 is 5.60 Å². The smallest absolute Gasteiger partial charge is 0.0710 e. The maximum atomic E-state index is 10.7. The highest BCUT2D eigenvalue weighted by atomic mass is 16.3. The zero-order valence-electron chi connectivity index (χ0n) is 10.6. The van der Waals surface area contributed by atoms with Gasteiger partial charge in [-0.05, 0) is 25.7 Å². The Hall–Kier alpha value is -0.0800. The summed E-state index contributed by atoms with van der Waals surface area (Å²) in [5, 5.41) is 10.7. The van der Waals surface area contributed by atoms with E-state index in [2.05, 4.69) is 13.8 Å². The molecule has 0 bridgehead atoms. The van der Waals surface area contributed by atoms with Crippen LogP contribution in [0.1, 0.15) is 59.3 Å². The Bertz CT molecular complexity index is 191. The molecule has 15 heavy (non-hydrogen) atoms. The van der Waals surface area contributed by atoms with Gasteiger partial charge in [0, 0.05) is 12.0 Å². The second kappa shape index (κ2) is 4.84. The van der Waals surface area contributed by atoms with Crippen LogP contribution >= 0.6 is 0 Å². The minimum Gasteiger partial charge on any atom is -0.389 e. The number of hydrogen-bond donors (Lipinski definition) is 2. The first-order valence-electron chi connectivity index (χ1n) is 6.39. The lowest BCUT2D eigenvalue weighted by molar-refractivity contribution is -0.108. The Morgan fingerprint density at radius 1 is 1.20 bits per heavy atom. The zero-order valence-corrected chi connectivity index (χ0v) is 10.6. The van der Waals surface area contributed by atoms with Crippen LogP contribution in [-0.4, -0.2) is 17.3 Å². The fourth-order valence-corrected chi connectivity index (χ4v) is 2.93. The molecule has 0 aromatic heterocycles. The minimum atomic E-state index is -0.619. The van der Waals surface area contributed by atoms with E-state index in [1.807, 2.05) is 6.92 Å². The second-order valence-corrected chi connectivity index (χ2v) is 5.70. The number of aliphatic hydroxyl groups is 1. The van der Waals surface area contributed by atoms with Gasteiger partial charge >= 0.3 is 0 Å². The normalized spacial score (nSPS) is 26.0. The van der Waals surface area contributed by atoms with Crippen molar-refractivity contribution < 1.29 is 5.11 Å². The number of rotatable bonds is 3. The van der Waals surface area contributed by atoms with Crippen LogP contribution in [0.3, 0.4) is 0 Å². The molecule has 1 atom stereocenters. The van der Waals surface area contributed by atoms with E-state index in [0.29, 0.717) is 6.54 Å². The van der Waals surface area contributed by atoms with Gasteiger partial charge in [-0.1, -0.05) is 39.5 Å². The van der Waals surface area contributed by atoms with Crippen molar-refractivity contribution in [1.82, 2.24) is 0 Å². The van der Waals surface area contributed by atoms with Crippen LogP contribution in [-0.2, 0) is 0 Å². The van der Waals surface area contributed by atoms with Crippen molar-refractivity contribution in [2.75, 3.05) is 6.54 Å². The Balaban J connectivity index is 2.90.